The molecule has 1 aromatic heterocycles. The maximum absolute atomic E-state index is 12.9. The number of carbonyl (C=O) groups is 1. The molecule has 2 rings (SSSR count). The van der Waals surface area contributed by atoms with Crippen LogP contribution in [0.3, 0.4) is 0 Å². The third-order valence-electron chi connectivity index (χ3n) is 4.78. The van der Waals surface area contributed by atoms with E-state index in [4.69, 9.17) is 5.73 Å². The predicted octanol–water partition coefficient (Wildman–Crippen LogP) is 0.215. The number of hydrogen-bond donors (Lipinski definition) is 1. The van der Waals surface area contributed by atoms with Crippen LogP contribution in [0.15, 0.2) is 9.59 Å². The number of anilines is 1. The number of rotatable bonds is 3. The lowest BCUT2D eigenvalue weighted by Crippen LogP contribution is -2.50. The van der Waals surface area contributed by atoms with Crippen molar-refractivity contribution < 1.29 is 4.79 Å². The lowest BCUT2D eigenvalue weighted by Gasteiger charge is -2.38. The lowest BCUT2D eigenvalue weighted by atomic mass is 9.90. The number of Topliss-reactive ketones (excluding diaryl/α,β-unsaturated/α-hetero) is 1. The first-order valence-electron chi connectivity index (χ1n) is 7.98. The number of nitrogens with two attached hydrogens (primary N) is 1. The van der Waals surface area contributed by atoms with E-state index in [1.54, 1.807) is 6.92 Å². The Hall–Kier alpha value is -1.89. The molecule has 23 heavy (non-hydrogen) atoms. The quantitative estimate of drug-likeness (QED) is 0.804. The molecule has 1 saturated heterocycles. The number of nitrogens with zero attached hydrogens (tertiary/aromatic N) is 3. The fourth-order valence-corrected chi connectivity index (χ4v) is 3.49. The summed E-state index contributed by atoms with van der Waals surface area (Å²) in [6.07, 6.45) is 1.14. The number of likely N-dealkylation sites (tertiary alicyclic amines) is 1. The van der Waals surface area contributed by atoms with Crippen molar-refractivity contribution in [2.75, 3.05) is 18.8 Å². The van der Waals surface area contributed by atoms with Crippen molar-refractivity contribution in [3.63, 3.8) is 0 Å². The van der Waals surface area contributed by atoms with Crippen molar-refractivity contribution in [1.29, 1.82) is 0 Å². The normalized spacial score (nSPS) is 23.7. The van der Waals surface area contributed by atoms with Gasteiger partial charge in [0.1, 0.15) is 11.4 Å². The molecule has 1 fully saturated rings. The van der Waals surface area contributed by atoms with Crippen LogP contribution in [0.1, 0.15) is 37.6 Å². The van der Waals surface area contributed by atoms with Crippen LogP contribution in [0, 0.1) is 11.8 Å². The zero-order valence-corrected chi connectivity index (χ0v) is 14.5. The summed E-state index contributed by atoms with van der Waals surface area (Å²) in [6.45, 7) is 7.78. The summed E-state index contributed by atoms with van der Waals surface area (Å²) >= 11 is 0. The van der Waals surface area contributed by atoms with Crippen LogP contribution < -0.4 is 17.0 Å². The van der Waals surface area contributed by atoms with Crippen LogP contribution in [0.4, 0.5) is 5.82 Å². The molecule has 1 aliphatic heterocycles. The van der Waals surface area contributed by atoms with Crippen LogP contribution >= 0.6 is 0 Å². The van der Waals surface area contributed by atoms with E-state index in [-0.39, 0.29) is 17.2 Å². The van der Waals surface area contributed by atoms with Gasteiger partial charge in [-0.25, -0.2) is 4.79 Å². The van der Waals surface area contributed by atoms with Crippen LogP contribution in [0.5, 0.6) is 0 Å². The van der Waals surface area contributed by atoms with Crippen molar-refractivity contribution in [1.82, 2.24) is 14.0 Å². The first-order chi connectivity index (χ1) is 10.6. The molecule has 1 aliphatic rings. The molecule has 2 N–H and O–H groups in total. The summed E-state index contributed by atoms with van der Waals surface area (Å²) in [5.74, 6) is 0.636. The molecule has 2 heterocycles. The maximum Gasteiger partial charge on any atom is 0.332 e. The van der Waals surface area contributed by atoms with Crippen LogP contribution in [0.25, 0.3) is 0 Å². The number of carbonyl (C=O) groups excluding carboxylic acids is 1. The lowest BCUT2D eigenvalue weighted by molar-refractivity contribution is 0.0685. The van der Waals surface area contributed by atoms with Gasteiger partial charge in [-0.05, 0) is 25.2 Å². The Morgan fingerprint density at radius 2 is 1.65 bits per heavy atom. The van der Waals surface area contributed by atoms with Gasteiger partial charge < -0.3 is 5.73 Å². The summed E-state index contributed by atoms with van der Waals surface area (Å²) in [6, 6.07) is -0.437. The van der Waals surface area contributed by atoms with E-state index in [0.717, 1.165) is 28.6 Å². The zero-order valence-electron chi connectivity index (χ0n) is 14.5. The van der Waals surface area contributed by atoms with Crippen LogP contribution in [0.2, 0.25) is 0 Å². The van der Waals surface area contributed by atoms with Gasteiger partial charge in [0, 0.05) is 27.2 Å². The molecular formula is C16H26N4O3. The molecule has 7 heteroatoms. The highest BCUT2D eigenvalue weighted by Gasteiger charge is 2.32. The van der Waals surface area contributed by atoms with Gasteiger partial charge in [0.15, 0.2) is 5.78 Å². The Labute approximate surface area is 135 Å². The van der Waals surface area contributed by atoms with Crippen molar-refractivity contribution in [3.8, 4) is 0 Å². The van der Waals surface area contributed by atoms with Gasteiger partial charge in [-0.2, -0.15) is 0 Å². The number of aromatic nitrogens is 2. The highest BCUT2D eigenvalue weighted by Crippen LogP contribution is 2.24. The average molecular weight is 322 g/mol. The molecule has 0 aromatic carbocycles. The maximum atomic E-state index is 12.9. The first kappa shape index (κ1) is 17.5. The molecule has 0 spiro atoms. The molecule has 1 aromatic rings. The SMILES string of the molecule is CC1CC(C)CN(C(C)C(=O)c2c(N)n(C)c(=O)n(C)c2=O)C1. The highest BCUT2D eigenvalue weighted by molar-refractivity contribution is 6.03. The molecule has 0 amide bonds. The van der Waals surface area contributed by atoms with Gasteiger partial charge in [0.25, 0.3) is 5.56 Å². The van der Waals surface area contributed by atoms with E-state index in [9.17, 15) is 14.4 Å². The molecule has 0 bridgehead atoms. The van der Waals surface area contributed by atoms with E-state index in [1.807, 2.05) is 0 Å². The second kappa shape index (κ2) is 6.31. The van der Waals surface area contributed by atoms with Crippen LogP contribution in [-0.4, -0.2) is 38.9 Å². The fourth-order valence-electron chi connectivity index (χ4n) is 3.49. The third-order valence-corrected chi connectivity index (χ3v) is 4.78. The van der Waals surface area contributed by atoms with Crippen molar-refractivity contribution in [2.24, 2.45) is 25.9 Å². The van der Waals surface area contributed by atoms with Gasteiger partial charge in [-0.3, -0.25) is 23.6 Å². The largest absolute Gasteiger partial charge is 0.384 e. The Kier molecular flexibility index (Phi) is 4.79. The predicted molar refractivity (Wildman–Crippen MR) is 89.6 cm³/mol. The summed E-state index contributed by atoms with van der Waals surface area (Å²) in [5.41, 5.74) is 4.64. The molecule has 0 aliphatic carbocycles. The first-order valence-corrected chi connectivity index (χ1v) is 7.98. The Morgan fingerprint density at radius 3 is 2.17 bits per heavy atom. The van der Waals surface area contributed by atoms with Gasteiger partial charge in [-0.15, -0.1) is 0 Å². The van der Waals surface area contributed by atoms with E-state index >= 15 is 0 Å². The second-order valence-electron chi connectivity index (χ2n) is 6.91. The van der Waals surface area contributed by atoms with Gasteiger partial charge in [0.2, 0.25) is 0 Å². The monoisotopic (exact) mass is 322 g/mol. The molecule has 0 saturated carbocycles. The van der Waals surface area contributed by atoms with E-state index in [2.05, 4.69) is 18.7 Å². The Balaban J connectivity index is 2.41. The summed E-state index contributed by atoms with van der Waals surface area (Å²) in [4.78, 5) is 39.2. The van der Waals surface area contributed by atoms with Gasteiger partial charge in [0.05, 0.1) is 6.04 Å². The van der Waals surface area contributed by atoms with E-state index < -0.39 is 17.3 Å². The van der Waals surface area contributed by atoms with Crippen molar-refractivity contribution in [2.45, 2.75) is 33.2 Å². The number of hydrogen-bond acceptors (Lipinski definition) is 5. The van der Waals surface area contributed by atoms with E-state index in [0.29, 0.717) is 11.8 Å². The fraction of sp³-hybridized carbons (Fsp3) is 0.688. The molecule has 3 unspecified atom stereocenters. The zero-order chi connectivity index (χ0) is 17.5. The standard InChI is InChI=1S/C16H26N4O3/c1-9-6-10(2)8-20(7-9)11(3)13(21)12-14(17)18(4)16(23)19(5)15(12)22/h9-11H,6-8,17H2,1-5H3. The second-order valence-corrected chi connectivity index (χ2v) is 6.91. The molecule has 3 atom stereocenters. The van der Waals surface area contributed by atoms with Gasteiger partial charge in [-0.1, -0.05) is 13.8 Å². The van der Waals surface area contributed by atoms with Gasteiger partial charge >= 0.3 is 5.69 Å². The number of nitrogen functional groups attached to an aromatic ring is 1. The number of piperidine rings is 1. The Bertz CT molecular complexity index is 724. The van der Waals surface area contributed by atoms with Crippen molar-refractivity contribution in [3.05, 3.63) is 26.4 Å². The summed E-state index contributed by atoms with van der Waals surface area (Å²) in [5, 5.41) is 0. The Morgan fingerprint density at radius 1 is 1.13 bits per heavy atom. The topological polar surface area (TPSA) is 90.3 Å². The minimum absolute atomic E-state index is 0.0620. The summed E-state index contributed by atoms with van der Waals surface area (Å²) in [7, 11) is 2.82. The minimum atomic E-state index is -0.624. The molecule has 7 nitrogen and oxygen atoms in total. The molecular weight excluding hydrogens is 296 g/mol. The molecule has 128 valence electrons. The van der Waals surface area contributed by atoms with Crippen LogP contribution in [-0.2, 0) is 14.1 Å². The smallest absolute Gasteiger partial charge is 0.332 e. The average Bonchev–Trinajstić information content (AvgIpc) is 2.49. The summed E-state index contributed by atoms with van der Waals surface area (Å²) < 4.78 is 2.07. The van der Waals surface area contributed by atoms with Crippen molar-refractivity contribution >= 4 is 11.6 Å². The molecule has 0 radical (unpaired) electrons. The van der Waals surface area contributed by atoms with E-state index in [1.165, 1.54) is 14.1 Å². The highest BCUT2D eigenvalue weighted by atomic mass is 16.2. The minimum Gasteiger partial charge on any atom is -0.384 e. The third kappa shape index (κ3) is 3.10. The number of ketones is 1.